The molecular weight excluding hydrogens is 340 g/mol. The fourth-order valence-corrected chi connectivity index (χ4v) is 4.46. The number of hydrogen-bond acceptors (Lipinski definition) is 5. The Balaban J connectivity index is 1.94. The lowest BCUT2D eigenvalue weighted by molar-refractivity contribution is 0.169. The zero-order chi connectivity index (χ0) is 18.4. The fraction of sp³-hybridized carbons (Fsp3) is 0.667. The topological polar surface area (TPSA) is 67.9 Å². The molecule has 0 spiro atoms. The molecule has 0 bridgehead atoms. The smallest absolute Gasteiger partial charge is 0.244 e. The number of sulfonamides is 1. The number of methoxy groups -OCH3 is 2. The van der Waals surface area contributed by atoms with E-state index in [0.29, 0.717) is 29.9 Å². The molecule has 0 amide bonds. The highest BCUT2D eigenvalue weighted by atomic mass is 32.2. The first-order valence-corrected chi connectivity index (χ1v) is 10.3. The van der Waals surface area contributed by atoms with E-state index in [1.165, 1.54) is 20.3 Å². The molecule has 1 heterocycles. The average Bonchev–Trinajstić information content (AvgIpc) is 2.60. The number of likely N-dealkylation sites (tertiary alicyclic amines) is 1. The summed E-state index contributed by atoms with van der Waals surface area (Å²) in [6.07, 6.45) is 2.05. The highest BCUT2D eigenvalue weighted by molar-refractivity contribution is 7.89. The number of rotatable bonds is 8. The van der Waals surface area contributed by atoms with Crippen molar-refractivity contribution < 1.29 is 17.9 Å². The van der Waals surface area contributed by atoms with Crippen molar-refractivity contribution in [1.82, 2.24) is 9.62 Å². The van der Waals surface area contributed by atoms with E-state index in [0.717, 1.165) is 32.5 Å². The van der Waals surface area contributed by atoms with Gasteiger partial charge in [-0.15, -0.1) is 0 Å². The molecule has 0 saturated carbocycles. The van der Waals surface area contributed by atoms with Crippen LogP contribution in [0, 0.1) is 11.8 Å². The second-order valence-corrected chi connectivity index (χ2v) is 8.74. The van der Waals surface area contributed by atoms with Gasteiger partial charge in [0.15, 0.2) is 0 Å². The summed E-state index contributed by atoms with van der Waals surface area (Å²) in [4.78, 5) is 2.61. The molecule has 1 aliphatic heterocycles. The van der Waals surface area contributed by atoms with Gasteiger partial charge in [0.2, 0.25) is 10.0 Å². The Labute approximate surface area is 151 Å². The Morgan fingerprint density at radius 2 is 1.88 bits per heavy atom. The second-order valence-electron chi connectivity index (χ2n) is 7.01. The third kappa shape index (κ3) is 5.59. The van der Waals surface area contributed by atoms with Crippen LogP contribution in [0.4, 0.5) is 0 Å². The van der Waals surface area contributed by atoms with E-state index < -0.39 is 10.0 Å². The van der Waals surface area contributed by atoms with Gasteiger partial charge in [0.25, 0.3) is 0 Å². The van der Waals surface area contributed by atoms with Gasteiger partial charge in [-0.2, -0.15) is 0 Å². The molecule has 1 aliphatic rings. The number of hydrogen-bond donors (Lipinski definition) is 1. The summed E-state index contributed by atoms with van der Waals surface area (Å²) in [5.41, 5.74) is 0. The summed E-state index contributed by atoms with van der Waals surface area (Å²) >= 11 is 0. The van der Waals surface area contributed by atoms with Gasteiger partial charge in [0, 0.05) is 19.2 Å². The van der Waals surface area contributed by atoms with E-state index in [-0.39, 0.29) is 4.90 Å². The van der Waals surface area contributed by atoms with Gasteiger partial charge in [-0.25, -0.2) is 13.1 Å². The molecule has 0 atom stereocenters. The van der Waals surface area contributed by atoms with E-state index in [4.69, 9.17) is 9.47 Å². The summed E-state index contributed by atoms with van der Waals surface area (Å²) in [5.74, 6) is 1.90. The lowest BCUT2D eigenvalue weighted by Crippen LogP contribution is -2.40. The largest absolute Gasteiger partial charge is 0.497 e. The summed E-state index contributed by atoms with van der Waals surface area (Å²) in [5, 5.41) is 0. The maximum absolute atomic E-state index is 12.6. The molecule has 1 N–H and O–H groups in total. The fourth-order valence-electron chi connectivity index (χ4n) is 3.19. The molecule has 1 saturated heterocycles. The second kappa shape index (κ2) is 8.87. The van der Waals surface area contributed by atoms with E-state index >= 15 is 0 Å². The summed E-state index contributed by atoms with van der Waals surface area (Å²) in [6, 6.07) is 4.73. The van der Waals surface area contributed by atoms with Crippen LogP contribution in [0.5, 0.6) is 11.5 Å². The number of nitrogens with zero attached hydrogens (tertiary/aromatic N) is 1. The maximum Gasteiger partial charge on any atom is 0.244 e. The Morgan fingerprint density at radius 3 is 2.44 bits per heavy atom. The molecule has 0 aromatic heterocycles. The molecule has 7 heteroatoms. The SMILES string of the molecule is COc1ccc(S(=O)(=O)NCC2CCN(CC(C)C)CC2)c(OC)c1. The van der Waals surface area contributed by atoms with Gasteiger partial charge in [-0.3, -0.25) is 0 Å². The van der Waals surface area contributed by atoms with Crippen LogP contribution in [0.3, 0.4) is 0 Å². The minimum atomic E-state index is -3.60. The van der Waals surface area contributed by atoms with E-state index in [2.05, 4.69) is 23.5 Å². The first-order valence-electron chi connectivity index (χ1n) is 8.79. The molecule has 6 nitrogen and oxygen atoms in total. The molecule has 1 fully saturated rings. The number of nitrogens with one attached hydrogen (secondary N) is 1. The molecule has 0 aliphatic carbocycles. The minimum Gasteiger partial charge on any atom is -0.497 e. The molecule has 142 valence electrons. The van der Waals surface area contributed by atoms with Crippen molar-refractivity contribution >= 4 is 10.0 Å². The van der Waals surface area contributed by atoms with Gasteiger partial charge >= 0.3 is 0 Å². The molecule has 0 radical (unpaired) electrons. The molecule has 1 aromatic carbocycles. The van der Waals surface area contributed by atoms with Crippen LogP contribution in [-0.2, 0) is 10.0 Å². The monoisotopic (exact) mass is 370 g/mol. The Bertz CT molecular complexity index is 653. The molecular formula is C18H30N2O4S. The van der Waals surface area contributed by atoms with Crippen LogP contribution < -0.4 is 14.2 Å². The zero-order valence-corrected chi connectivity index (χ0v) is 16.4. The normalized spacial score (nSPS) is 17.0. The van der Waals surface area contributed by atoms with Crippen LogP contribution in [-0.4, -0.2) is 53.7 Å². The van der Waals surface area contributed by atoms with Crippen molar-refractivity contribution in [2.75, 3.05) is 40.4 Å². The van der Waals surface area contributed by atoms with Crippen molar-refractivity contribution in [3.63, 3.8) is 0 Å². The first-order chi connectivity index (χ1) is 11.9. The van der Waals surface area contributed by atoms with Crippen molar-refractivity contribution in [3.05, 3.63) is 18.2 Å². The van der Waals surface area contributed by atoms with Crippen molar-refractivity contribution in [1.29, 1.82) is 0 Å². The van der Waals surface area contributed by atoms with Crippen LogP contribution >= 0.6 is 0 Å². The predicted octanol–water partition coefficient (Wildman–Crippen LogP) is 2.35. The predicted molar refractivity (Wildman–Crippen MR) is 98.7 cm³/mol. The zero-order valence-electron chi connectivity index (χ0n) is 15.6. The standard InChI is InChI=1S/C18H30N2O4S/c1-14(2)13-20-9-7-15(8-10-20)12-19-25(21,22)18-6-5-16(23-3)11-17(18)24-4/h5-6,11,14-15,19H,7-10,12-13H2,1-4H3. The Kier molecular flexibility index (Phi) is 7.10. The maximum atomic E-state index is 12.6. The van der Waals surface area contributed by atoms with Crippen LogP contribution in [0.15, 0.2) is 23.1 Å². The van der Waals surface area contributed by atoms with Crippen molar-refractivity contribution in [3.8, 4) is 11.5 Å². The lowest BCUT2D eigenvalue weighted by atomic mass is 9.96. The van der Waals surface area contributed by atoms with Gasteiger partial charge in [-0.05, 0) is 49.9 Å². The number of piperidine rings is 1. The molecule has 0 unspecified atom stereocenters. The van der Waals surface area contributed by atoms with E-state index in [1.54, 1.807) is 12.1 Å². The van der Waals surface area contributed by atoms with Crippen molar-refractivity contribution in [2.24, 2.45) is 11.8 Å². The van der Waals surface area contributed by atoms with E-state index in [1.807, 2.05) is 0 Å². The van der Waals surface area contributed by atoms with Crippen LogP contribution in [0.1, 0.15) is 26.7 Å². The highest BCUT2D eigenvalue weighted by Gasteiger charge is 2.24. The summed E-state index contributed by atoms with van der Waals surface area (Å²) in [7, 11) is -0.613. The average molecular weight is 371 g/mol. The first kappa shape index (κ1) is 20.0. The van der Waals surface area contributed by atoms with E-state index in [9.17, 15) is 8.42 Å². The Morgan fingerprint density at radius 1 is 1.20 bits per heavy atom. The minimum absolute atomic E-state index is 0.146. The molecule has 25 heavy (non-hydrogen) atoms. The number of ether oxygens (including phenoxy) is 2. The van der Waals surface area contributed by atoms with Crippen LogP contribution in [0.25, 0.3) is 0 Å². The highest BCUT2D eigenvalue weighted by Crippen LogP contribution is 2.28. The van der Waals surface area contributed by atoms with Gasteiger partial charge in [0.1, 0.15) is 16.4 Å². The molecule has 2 rings (SSSR count). The quantitative estimate of drug-likeness (QED) is 0.761. The third-order valence-electron chi connectivity index (χ3n) is 4.55. The molecule has 1 aromatic rings. The van der Waals surface area contributed by atoms with Gasteiger partial charge in [0.05, 0.1) is 14.2 Å². The van der Waals surface area contributed by atoms with Crippen molar-refractivity contribution in [2.45, 2.75) is 31.6 Å². The number of benzene rings is 1. The van der Waals surface area contributed by atoms with Gasteiger partial charge < -0.3 is 14.4 Å². The lowest BCUT2D eigenvalue weighted by Gasteiger charge is -2.33. The van der Waals surface area contributed by atoms with Gasteiger partial charge in [-0.1, -0.05) is 13.8 Å². The third-order valence-corrected chi connectivity index (χ3v) is 6.02. The summed E-state index contributed by atoms with van der Waals surface area (Å²) in [6.45, 7) is 8.10. The Hall–Kier alpha value is -1.31. The van der Waals surface area contributed by atoms with Crippen LogP contribution in [0.2, 0.25) is 0 Å². The summed E-state index contributed by atoms with van der Waals surface area (Å²) < 4.78 is 38.3.